The minimum absolute atomic E-state index is 0.117. The molecule has 1 fully saturated rings. The van der Waals surface area contributed by atoms with Crippen molar-refractivity contribution in [3.63, 3.8) is 0 Å². The molecule has 84 valence electrons. The molecule has 6 heteroatoms. The minimum Gasteiger partial charge on any atom is -0.633 e. The van der Waals surface area contributed by atoms with E-state index in [0.29, 0.717) is 25.9 Å². The molecule has 0 amide bonds. The Morgan fingerprint density at radius 2 is 1.86 bits per heavy atom. The topological polar surface area (TPSA) is 83.2 Å². The van der Waals surface area contributed by atoms with Gasteiger partial charge >= 0.3 is 0 Å². The summed E-state index contributed by atoms with van der Waals surface area (Å²) >= 11 is 0. The lowest BCUT2D eigenvalue weighted by Crippen LogP contribution is -2.57. The molecule has 0 aromatic rings. The standard InChI is InChI=1S/C8H18N2O3S/c1-10(11)5-3-8(7-9,4-6-10)14(2,12)13/h3-7,9H2,1-2H3. The van der Waals surface area contributed by atoms with Crippen molar-refractivity contribution in [3.8, 4) is 0 Å². The molecule has 0 atom stereocenters. The summed E-state index contributed by atoms with van der Waals surface area (Å²) in [5.74, 6) is 0. The second-order valence-electron chi connectivity index (χ2n) is 4.40. The monoisotopic (exact) mass is 222 g/mol. The molecule has 0 bridgehead atoms. The third kappa shape index (κ3) is 2.08. The molecule has 1 rings (SSSR count). The summed E-state index contributed by atoms with van der Waals surface area (Å²) in [6, 6.07) is 0. The molecule has 0 aromatic heterocycles. The van der Waals surface area contributed by atoms with E-state index in [9.17, 15) is 13.6 Å². The average molecular weight is 222 g/mol. The fourth-order valence-electron chi connectivity index (χ4n) is 1.84. The van der Waals surface area contributed by atoms with Gasteiger partial charge in [-0.05, 0) is 0 Å². The molecular formula is C8H18N2O3S. The Morgan fingerprint density at radius 3 is 2.14 bits per heavy atom. The number of nitrogens with zero attached hydrogens (tertiary/aromatic N) is 1. The smallest absolute Gasteiger partial charge is 0.154 e. The molecule has 0 radical (unpaired) electrons. The Balaban J connectivity index is 2.88. The number of quaternary nitrogens is 1. The van der Waals surface area contributed by atoms with Crippen LogP contribution in [0.2, 0.25) is 0 Å². The maximum atomic E-state index is 11.6. The molecule has 14 heavy (non-hydrogen) atoms. The van der Waals surface area contributed by atoms with E-state index in [1.807, 2.05) is 0 Å². The zero-order valence-corrected chi connectivity index (χ0v) is 9.51. The lowest BCUT2D eigenvalue weighted by Gasteiger charge is -2.47. The van der Waals surface area contributed by atoms with Crippen LogP contribution in [-0.2, 0) is 9.84 Å². The van der Waals surface area contributed by atoms with E-state index in [0.717, 1.165) is 0 Å². The number of nitrogens with two attached hydrogens (primary N) is 1. The van der Waals surface area contributed by atoms with Gasteiger partial charge < -0.3 is 15.6 Å². The highest BCUT2D eigenvalue weighted by Gasteiger charge is 2.44. The fourth-order valence-corrected chi connectivity index (χ4v) is 3.07. The van der Waals surface area contributed by atoms with Gasteiger partial charge in [0.05, 0.1) is 24.9 Å². The molecule has 1 saturated heterocycles. The molecule has 1 aliphatic heterocycles. The third-order valence-corrected chi connectivity index (χ3v) is 5.39. The number of likely N-dealkylation sites (tertiary alicyclic amines) is 1. The molecule has 0 saturated carbocycles. The molecule has 0 aromatic carbocycles. The van der Waals surface area contributed by atoms with Gasteiger partial charge in [-0.1, -0.05) is 0 Å². The Hall–Kier alpha value is -0.170. The summed E-state index contributed by atoms with van der Waals surface area (Å²) in [4.78, 5) is 0. The molecule has 1 heterocycles. The van der Waals surface area contributed by atoms with E-state index in [2.05, 4.69) is 0 Å². The first kappa shape index (κ1) is 11.9. The van der Waals surface area contributed by atoms with Gasteiger partial charge in [0.15, 0.2) is 9.84 Å². The first-order chi connectivity index (χ1) is 6.22. The Morgan fingerprint density at radius 1 is 1.43 bits per heavy atom. The van der Waals surface area contributed by atoms with Crippen LogP contribution in [-0.4, -0.2) is 50.7 Å². The van der Waals surface area contributed by atoms with E-state index < -0.39 is 14.6 Å². The van der Waals surface area contributed by atoms with Gasteiger partial charge in [-0.2, -0.15) is 0 Å². The highest BCUT2D eigenvalue weighted by Crippen LogP contribution is 2.31. The quantitative estimate of drug-likeness (QED) is 0.503. The van der Waals surface area contributed by atoms with Crippen LogP contribution in [0.25, 0.3) is 0 Å². The molecule has 2 N–H and O–H groups in total. The first-order valence-corrected chi connectivity index (χ1v) is 6.57. The summed E-state index contributed by atoms with van der Waals surface area (Å²) in [5.41, 5.74) is 5.52. The molecule has 0 spiro atoms. The van der Waals surface area contributed by atoms with E-state index in [1.165, 1.54) is 6.26 Å². The summed E-state index contributed by atoms with van der Waals surface area (Å²) < 4.78 is 21.9. The number of hydrogen-bond acceptors (Lipinski definition) is 4. The predicted molar refractivity (Wildman–Crippen MR) is 55.1 cm³/mol. The van der Waals surface area contributed by atoms with Crippen molar-refractivity contribution in [2.45, 2.75) is 17.6 Å². The average Bonchev–Trinajstić information content (AvgIpc) is 2.03. The highest BCUT2D eigenvalue weighted by molar-refractivity contribution is 7.92. The number of hydrogen-bond donors (Lipinski definition) is 1. The van der Waals surface area contributed by atoms with Gasteiger partial charge in [0.25, 0.3) is 0 Å². The molecule has 0 aliphatic carbocycles. The molecular weight excluding hydrogens is 204 g/mol. The van der Waals surface area contributed by atoms with Crippen LogP contribution in [0.5, 0.6) is 0 Å². The van der Waals surface area contributed by atoms with Gasteiger partial charge in [-0.15, -0.1) is 0 Å². The van der Waals surface area contributed by atoms with Crippen LogP contribution in [0.15, 0.2) is 0 Å². The van der Waals surface area contributed by atoms with Crippen LogP contribution in [0.1, 0.15) is 12.8 Å². The van der Waals surface area contributed by atoms with Crippen LogP contribution in [0.3, 0.4) is 0 Å². The van der Waals surface area contributed by atoms with Gasteiger partial charge in [-0.3, -0.25) is 0 Å². The number of sulfone groups is 1. The van der Waals surface area contributed by atoms with Crippen molar-refractivity contribution in [3.05, 3.63) is 5.21 Å². The summed E-state index contributed by atoms with van der Waals surface area (Å²) in [7, 11) is -1.59. The van der Waals surface area contributed by atoms with Gasteiger partial charge in [0.1, 0.15) is 0 Å². The van der Waals surface area contributed by atoms with Crippen molar-refractivity contribution >= 4 is 9.84 Å². The molecule has 0 unspecified atom stereocenters. The maximum Gasteiger partial charge on any atom is 0.154 e. The maximum absolute atomic E-state index is 11.6. The van der Waals surface area contributed by atoms with Gasteiger partial charge in [0.2, 0.25) is 0 Å². The van der Waals surface area contributed by atoms with Crippen molar-refractivity contribution in [1.82, 2.24) is 0 Å². The summed E-state index contributed by atoms with van der Waals surface area (Å²) in [6.45, 7) is 0.792. The Bertz CT molecular complexity index is 301. The van der Waals surface area contributed by atoms with E-state index >= 15 is 0 Å². The zero-order valence-electron chi connectivity index (χ0n) is 8.69. The molecule has 5 nitrogen and oxygen atoms in total. The first-order valence-electron chi connectivity index (χ1n) is 4.68. The Kier molecular flexibility index (Phi) is 2.93. The van der Waals surface area contributed by atoms with Crippen LogP contribution in [0.4, 0.5) is 0 Å². The van der Waals surface area contributed by atoms with Crippen LogP contribution < -0.4 is 5.73 Å². The minimum atomic E-state index is -3.16. The normalized spacial score (nSPS) is 39.7. The lowest BCUT2D eigenvalue weighted by atomic mass is 9.96. The second-order valence-corrected chi connectivity index (χ2v) is 6.81. The number of hydroxylamine groups is 3. The predicted octanol–water partition coefficient (Wildman–Crippen LogP) is -0.533. The van der Waals surface area contributed by atoms with Crippen molar-refractivity contribution in [2.75, 3.05) is 32.9 Å². The van der Waals surface area contributed by atoms with Crippen molar-refractivity contribution in [2.24, 2.45) is 5.73 Å². The van der Waals surface area contributed by atoms with Crippen LogP contribution in [0, 0.1) is 5.21 Å². The zero-order chi connectivity index (χ0) is 11.0. The van der Waals surface area contributed by atoms with Gasteiger partial charge in [0, 0.05) is 25.6 Å². The van der Waals surface area contributed by atoms with E-state index in [4.69, 9.17) is 5.73 Å². The number of rotatable bonds is 2. The lowest BCUT2D eigenvalue weighted by molar-refractivity contribution is -0.866. The van der Waals surface area contributed by atoms with Crippen molar-refractivity contribution < 1.29 is 13.1 Å². The third-order valence-electron chi connectivity index (χ3n) is 3.24. The van der Waals surface area contributed by atoms with E-state index in [-0.39, 0.29) is 11.2 Å². The fraction of sp³-hybridized carbons (Fsp3) is 1.00. The van der Waals surface area contributed by atoms with Crippen LogP contribution >= 0.6 is 0 Å². The second kappa shape index (κ2) is 3.44. The summed E-state index contributed by atoms with van der Waals surface area (Å²) in [5, 5.41) is 11.6. The van der Waals surface area contributed by atoms with Gasteiger partial charge in [-0.25, -0.2) is 8.42 Å². The Labute approximate surface area is 85.0 Å². The van der Waals surface area contributed by atoms with Crippen molar-refractivity contribution in [1.29, 1.82) is 0 Å². The highest BCUT2D eigenvalue weighted by atomic mass is 32.2. The molecule has 1 aliphatic rings. The van der Waals surface area contributed by atoms with E-state index in [1.54, 1.807) is 7.05 Å². The largest absolute Gasteiger partial charge is 0.633 e. The summed E-state index contributed by atoms with van der Waals surface area (Å²) in [6.07, 6.45) is 1.96. The SMILES string of the molecule is C[N+]1([O-])CCC(CN)(S(C)(=O)=O)CC1. The number of piperidine rings is 1.